The maximum Gasteiger partial charge on any atom is 0.133 e. The first-order chi connectivity index (χ1) is 7.09. The lowest BCUT2D eigenvalue weighted by molar-refractivity contribution is 0.192. The van der Waals surface area contributed by atoms with Crippen LogP contribution < -0.4 is 0 Å². The monoisotopic (exact) mass is 288 g/mol. The Kier molecular flexibility index (Phi) is 3.00. The second kappa shape index (κ2) is 4.12. The fraction of sp³-hybridized carbons (Fsp3) is 0.300. The van der Waals surface area contributed by atoms with E-state index in [0.717, 1.165) is 11.3 Å². The quantitative estimate of drug-likeness (QED) is 0.923. The molecule has 0 aliphatic carbocycles. The van der Waals surface area contributed by atoms with E-state index in [2.05, 4.69) is 20.9 Å². The molecular formula is C10H10BrClN2O. The highest BCUT2D eigenvalue weighted by atomic mass is 79.9. The van der Waals surface area contributed by atoms with Crippen LogP contribution >= 0.6 is 27.5 Å². The second-order valence-electron chi connectivity index (χ2n) is 3.45. The molecule has 0 aliphatic rings. The number of fused-ring (bicyclic) bond motifs is 1. The summed E-state index contributed by atoms with van der Waals surface area (Å²) in [5.74, 6) is 0.800. The summed E-state index contributed by atoms with van der Waals surface area (Å²) in [6, 6.07) is 3.67. The molecule has 1 unspecified atom stereocenters. The molecule has 5 heteroatoms. The molecule has 3 nitrogen and oxygen atoms in total. The van der Waals surface area contributed by atoms with E-state index in [1.807, 2.05) is 22.7 Å². The average molecular weight is 290 g/mol. The van der Waals surface area contributed by atoms with Gasteiger partial charge in [0.15, 0.2) is 0 Å². The van der Waals surface area contributed by atoms with E-state index >= 15 is 0 Å². The van der Waals surface area contributed by atoms with Gasteiger partial charge < -0.3 is 9.51 Å². The zero-order valence-corrected chi connectivity index (χ0v) is 10.5. The minimum atomic E-state index is -0.415. The number of pyridine rings is 1. The molecule has 15 heavy (non-hydrogen) atoms. The minimum Gasteiger partial charge on any atom is -0.393 e. The molecule has 2 heterocycles. The molecule has 0 saturated carbocycles. The van der Waals surface area contributed by atoms with Gasteiger partial charge in [-0.1, -0.05) is 11.6 Å². The summed E-state index contributed by atoms with van der Waals surface area (Å²) in [5, 5.41) is 9.99. The van der Waals surface area contributed by atoms with Crippen molar-refractivity contribution in [2.24, 2.45) is 0 Å². The number of aliphatic hydroxyl groups excluding tert-OH is 1. The predicted octanol–water partition coefficient (Wildman–Crippen LogP) is 2.67. The summed E-state index contributed by atoms with van der Waals surface area (Å²) in [4.78, 5) is 4.33. The van der Waals surface area contributed by atoms with Crippen LogP contribution in [0.1, 0.15) is 12.7 Å². The number of rotatable bonds is 2. The molecule has 2 aromatic heterocycles. The first kappa shape index (κ1) is 10.9. The van der Waals surface area contributed by atoms with Crippen LogP contribution in [0.4, 0.5) is 0 Å². The molecule has 1 atom stereocenters. The third-order valence-electron chi connectivity index (χ3n) is 2.12. The number of hydrogen-bond acceptors (Lipinski definition) is 2. The van der Waals surface area contributed by atoms with Gasteiger partial charge >= 0.3 is 0 Å². The average Bonchev–Trinajstić information content (AvgIpc) is 2.44. The first-order valence-corrected chi connectivity index (χ1v) is 5.75. The maximum atomic E-state index is 9.34. The van der Waals surface area contributed by atoms with E-state index in [0.29, 0.717) is 16.0 Å². The van der Waals surface area contributed by atoms with Crippen molar-refractivity contribution < 1.29 is 5.11 Å². The summed E-state index contributed by atoms with van der Waals surface area (Å²) in [6.45, 7) is 1.74. The lowest BCUT2D eigenvalue weighted by atomic mass is 10.3. The highest BCUT2D eigenvalue weighted by molar-refractivity contribution is 9.10. The van der Waals surface area contributed by atoms with Crippen LogP contribution in [0.15, 0.2) is 22.9 Å². The van der Waals surface area contributed by atoms with Crippen LogP contribution in [0.5, 0.6) is 0 Å². The molecule has 80 valence electrons. The van der Waals surface area contributed by atoms with Crippen LogP contribution in [0.25, 0.3) is 5.52 Å². The Balaban J connectivity index is 2.63. The molecule has 0 aromatic carbocycles. The minimum absolute atomic E-state index is 0.415. The molecule has 0 amide bonds. The molecule has 0 fully saturated rings. The van der Waals surface area contributed by atoms with Crippen molar-refractivity contribution in [2.75, 3.05) is 0 Å². The lowest BCUT2D eigenvalue weighted by Gasteiger charge is -2.03. The first-order valence-electron chi connectivity index (χ1n) is 4.58. The molecule has 1 N–H and O–H groups in total. The van der Waals surface area contributed by atoms with Gasteiger partial charge in [0.2, 0.25) is 0 Å². The summed E-state index contributed by atoms with van der Waals surface area (Å²) in [5.41, 5.74) is 0.842. The van der Waals surface area contributed by atoms with Crippen molar-refractivity contribution >= 4 is 33.0 Å². The van der Waals surface area contributed by atoms with Crippen molar-refractivity contribution in [3.05, 3.63) is 33.8 Å². The van der Waals surface area contributed by atoms with E-state index in [-0.39, 0.29) is 0 Å². The van der Waals surface area contributed by atoms with Crippen molar-refractivity contribution in [1.29, 1.82) is 0 Å². The maximum absolute atomic E-state index is 9.34. The van der Waals surface area contributed by atoms with Crippen molar-refractivity contribution in [2.45, 2.75) is 19.4 Å². The Morgan fingerprint density at radius 1 is 1.67 bits per heavy atom. The van der Waals surface area contributed by atoms with Gasteiger partial charge in [0.05, 0.1) is 16.6 Å². The van der Waals surface area contributed by atoms with Gasteiger partial charge in [-0.2, -0.15) is 0 Å². The zero-order valence-electron chi connectivity index (χ0n) is 8.11. The Morgan fingerprint density at radius 2 is 2.40 bits per heavy atom. The summed E-state index contributed by atoms with van der Waals surface area (Å²) < 4.78 is 2.60. The van der Waals surface area contributed by atoms with Crippen LogP contribution in [0.3, 0.4) is 0 Å². The number of imidazole rings is 1. The molecule has 2 aromatic rings. The molecule has 2 rings (SSSR count). The Labute approximate surface area is 101 Å². The molecule has 0 spiro atoms. The van der Waals surface area contributed by atoms with Crippen LogP contribution in [-0.2, 0) is 6.42 Å². The van der Waals surface area contributed by atoms with E-state index in [9.17, 15) is 5.11 Å². The molecule has 0 saturated heterocycles. The SMILES string of the molecule is CC(O)Cc1nc(Br)c2c(Cl)cccn12. The van der Waals surface area contributed by atoms with Crippen LogP contribution in [0, 0.1) is 0 Å². The van der Waals surface area contributed by atoms with Crippen LogP contribution in [0.2, 0.25) is 5.02 Å². The molecular weight excluding hydrogens is 279 g/mol. The highest BCUT2D eigenvalue weighted by Crippen LogP contribution is 2.26. The van der Waals surface area contributed by atoms with Gasteiger partial charge in [0, 0.05) is 12.6 Å². The summed E-state index contributed by atoms with van der Waals surface area (Å²) in [6.07, 6.45) is 1.98. The number of aromatic nitrogens is 2. The van der Waals surface area contributed by atoms with Gasteiger partial charge in [-0.3, -0.25) is 0 Å². The van der Waals surface area contributed by atoms with E-state index in [1.54, 1.807) is 6.92 Å². The Morgan fingerprint density at radius 3 is 3.07 bits per heavy atom. The summed E-state index contributed by atoms with van der Waals surface area (Å²) >= 11 is 9.42. The summed E-state index contributed by atoms with van der Waals surface area (Å²) in [7, 11) is 0. The van der Waals surface area contributed by atoms with Crippen LogP contribution in [-0.4, -0.2) is 20.6 Å². The Hall–Kier alpha value is -0.580. The number of aliphatic hydroxyl groups is 1. The molecule has 0 radical (unpaired) electrons. The Bertz CT molecular complexity index is 495. The van der Waals surface area contributed by atoms with Gasteiger partial charge in [0.25, 0.3) is 0 Å². The fourth-order valence-electron chi connectivity index (χ4n) is 1.52. The number of hydrogen-bond donors (Lipinski definition) is 1. The highest BCUT2D eigenvalue weighted by Gasteiger charge is 2.12. The van der Waals surface area contributed by atoms with Gasteiger partial charge in [-0.25, -0.2) is 4.98 Å². The fourth-order valence-corrected chi connectivity index (χ4v) is 2.50. The zero-order chi connectivity index (χ0) is 11.0. The third kappa shape index (κ3) is 2.02. The smallest absolute Gasteiger partial charge is 0.133 e. The predicted molar refractivity (Wildman–Crippen MR) is 63.3 cm³/mol. The topological polar surface area (TPSA) is 37.5 Å². The molecule has 0 aliphatic heterocycles. The normalized spacial score (nSPS) is 13.3. The van der Waals surface area contributed by atoms with Gasteiger partial charge in [0.1, 0.15) is 10.4 Å². The van der Waals surface area contributed by atoms with E-state index in [4.69, 9.17) is 11.6 Å². The van der Waals surface area contributed by atoms with E-state index < -0.39 is 6.10 Å². The van der Waals surface area contributed by atoms with Crippen molar-refractivity contribution in [1.82, 2.24) is 9.38 Å². The van der Waals surface area contributed by atoms with Gasteiger partial charge in [-0.05, 0) is 35.0 Å². The van der Waals surface area contributed by atoms with Crippen molar-refractivity contribution in [3.8, 4) is 0 Å². The standard InChI is InChI=1S/C10H10BrClN2O/c1-6(15)5-8-13-10(11)9-7(12)3-2-4-14(8)9/h2-4,6,15H,5H2,1H3. The van der Waals surface area contributed by atoms with Crippen molar-refractivity contribution in [3.63, 3.8) is 0 Å². The van der Waals surface area contributed by atoms with E-state index in [1.165, 1.54) is 0 Å². The number of nitrogens with zero attached hydrogens (tertiary/aromatic N) is 2. The molecule has 0 bridgehead atoms. The number of halogens is 2. The third-order valence-corrected chi connectivity index (χ3v) is 2.98. The largest absolute Gasteiger partial charge is 0.393 e. The second-order valence-corrected chi connectivity index (χ2v) is 4.61. The van der Waals surface area contributed by atoms with Gasteiger partial charge in [-0.15, -0.1) is 0 Å². The lowest BCUT2D eigenvalue weighted by Crippen LogP contribution is -2.07.